The summed E-state index contributed by atoms with van der Waals surface area (Å²) < 4.78 is 76.0. The highest BCUT2D eigenvalue weighted by molar-refractivity contribution is 7.90. The van der Waals surface area contributed by atoms with Crippen LogP contribution in [-0.2, 0) is 37.8 Å². The zero-order chi connectivity index (χ0) is 27.9. The lowest BCUT2D eigenvalue weighted by Gasteiger charge is -2.27. The number of nitrogens with one attached hydrogen (secondary N) is 1. The molecule has 0 saturated carbocycles. The molecule has 8 nitrogen and oxygen atoms in total. The van der Waals surface area contributed by atoms with Gasteiger partial charge >= 0.3 is 6.18 Å². The number of sulfone groups is 1. The van der Waals surface area contributed by atoms with Crippen LogP contribution in [0.1, 0.15) is 39.7 Å². The number of carbonyl (C=O) groups excluding carboxylic acids is 1. The van der Waals surface area contributed by atoms with Crippen LogP contribution in [0.15, 0.2) is 64.3 Å². The molecule has 38 heavy (non-hydrogen) atoms. The van der Waals surface area contributed by atoms with Gasteiger partial charge in [-0.3, -0.25) is 14.2 Å². The molecule has 0 atom stereocenters. The highest BCUT2D eigenvalue weighted by Crippen LogP contribution is 2.35. The zero-order valence-corrected chi connectivity index (χ0v) is 21.6. The molecular formula is C26H25F3N2O6S. The van der Waals surface area contributed by atoms with Crippen molar-refractivity contribution in [3.05, 3.63) is 92.9 Å². The van der Waals surface area contributed by atoms with Crippen molar-refractivity contribution in [2.24, 2.45) is 0 Å². The molecule has 1 amide bonds. The minimum atomic E-state index is -4.64. The summed E-state index contributed by atoms with van der Waals surface area (Å²) in [6, 6.07) is 11.4. The number of halogens is 3. The summed E-state index contributed by atoms with van der Waals surface area (Å²) in [6.45, 7) is 3.62. The molecular weight excluding hydrogens is 525 g/mol. The van der Waals surface area contributed by atoms with E-state index in [-0.39, 0.29) is 41.6 Å². The Labute approximate surface area is 216 Å². The van der Waals surface area contributed by atoms with Crippen LogP contribution in [0.5, 0.6) is 0 Å². The molecule has 2 aromatic carbocycles. The van der Waals surface area contributed by atoms with Gasteiger partial charge < -0.3 is 14.8 Å². The molecule has 1 aromatic heterocycles. The maximum atomic E-state index is 13.5. The summed E-state index contributed by atoms with van der Waals surface area (Å²) in [5.41, 5.74) is -1.02. The van der Waals surface area contributed by atoms with Gasteiger partial charge in [-0.2, -0.15) is 13.2 Å². The molecule has 202 valence electrons. The third-order valence-corrected chi connectivity index (χ3v) is 7.38. The van der Waals surface area contributed by atoms with E-state index in [0.717, 1.165) is 23.0 Å². The van der Waals surface area contributed by atoms with E-state index in [4.69, 9.17) is 9.47 Å². The van der Waals surface area contributed by atoms with Crippen LogP contribution in [0.4, 0.5) is 13.2 Å². The molecule has 0 unspecified atom stereocenters. The molecule has 12 heteroatoms. The summed E-state index contributed by atoms with van der Waals surface area (Å²) in [4.78, 5) is 26.8. The lowest BCUT2D eigenvalue weighted by molar-refractivity contribution is -0.150. The Hall–Kier alpha value is -3.48. The second kappa shape index (κ2) is 10.0. The molecule has 3 aromatic rings. The molecule has 1 aliphatic heterocycles. The van der Waals surface area contributed by atoms with Gasteiger partial charge in [-0.05, 0) is 55.8 Å². The van der Waals surface area contributed by atoms with Gasteiger partial charge in [0, 0.05) is 29.7 Å². The molecule has 0 radical (unpaired) electrons. The fourth-order valence-corrected chi connectivity index (χ4v) is 4.89. The predicted octanol–water partition coefficient (Wildman–Crippen LogP) is 3.72. The highest BCUT2D eigenvalue weighted by Gasteiger charge is 2.37. The topological polar surface area (TPSA) is 104 Å². The first-order chi connectivity index (χ1) is 17.7. The minimum absolute atomic E-state index is 0.0284. The van der Waals surface area contributed by atoms with Gasteiger partial charge in [0.25, 0.3) is 11.5 Å². The third kappa shape index (κ3) is 5.52. The van der Waals surface area contributed by atoms with E-state index in [0.29, 0.717) is 11.1 Å². The van der Waals surface area contributed by atoms with Gasteiger partial charge in [0.15, 0.2) is 15.6 Å². The Morgan fingerprint density at radius 1 is 1.08 bits per heavy atom. The summed E-state index contributed by atoms with van der Waals surface area (Å²) >= 11 is 0. The van der Waals surface area contributed by atoms with Gasteiger partial charge in [0.1, 0.15) is 5.56 Å². The first kappa shape index (κ1) is 27.6. The van der Waals surface area contributed by atoms with Crippen molar-refractivity contribution in [3.8, 4) is 5.69 Å². The SMILES string of the molecule is Cc1c(C2(C)OCCO2)cc(C(=O)NCc2ccc(S(C)(=O)=O)cc2)c(=O)n1-c1cccc(C(F)(F)F)c1. The van der Waals surface area contributed by atoms with Crippen LogP contribution in [0.3, 0.4) is 0 Å². The fourth-order valence-electron chi connectivity index (χ4n) is 4.26. The van der Waals surface area contributed by atoms with Crippen molar-refractivity contribution >= 4 is 15.7 Å². The van der Waals surface area contributed by atoms with Gasteiger partial charge in [-0.25, -0.2) is 8.42 Å². The molecule has 0 bridgehead atoms. The minimum Gasteiger partial charge on any atom is -0.348 e. The number of hydrogen-bond donors (Lipinski definition) is 1. The van der Waals surface area contributed by atoms with E-state index < -0.39 is 38.8 Å². The van der Waals surface area contributed by atoms with Crippen molar-refractivity contribution in [3.63, 3.8) is 0 Å². The van der Waals surface area contributed by atoms with Gasteiger partial charge in [0.2, 0.25) is 0 Å². The third-order valence-electron chi connectivity index (χ3n) is 6.26. The van der Waals surface area contributed by atoms with Crippen LogP contribution in [0, 0.1) is 6.92 Å². The van der Waals surface area contributed by atoms with Gasteiger partial charge in [-0.15, -0.1) is 0 Å². The maximum absolute atomic E-state index is 13.5. The van der Waals surface area contributed by atoms with Crippen molar-refractivity contribution < 1.29 is 35.9 Å². The molecule has 1 saturated heterocycles. The van der Waals surface area contributed by atoms with Crippen molar-refractivity contribution in [1.29, 1.82) is 0 Å². The number of benzene rings is 2. The number of alkyl halides is 3. The van der Waals surface area contributed by atoms with Gasteiger partial charge in [-0.1, -0.05) is 18.2 Å². The fraction of sp³-hybridized carbons (Fsp3) is 0.308. The lowest BCUT2D eigenvalue weighted by Crippen LogP contribution is -2.36. The molecule has 0 spiro atoms. The van der Waals surface area contributed by atoms with E-state index in [2.05, 4.69) is 5.32 Å². The monoisotopic (exact) mass is 550 g/mol. The Morgan fingerprint density at radius 3 is 2.29 bits per heavy atom. The number of rotatable bonds is 6. The second-order valence-corrected chi connectivity index (χ2v) is 11.0. The second-order valence-electron chi connectivity index (χ2n) is 8.99. The Bertz CT molecular complexity index is 1540. The van der Waals surface area contributed by atoms with Crippen molar-refractivity contribution in [2.45, 2.75) is 37.3 Å². The molecule has 4 rings (SSSR count). The molecule has 1 N–H and O–H groups in total. The molecule has 2 heterocycles. The van der Waals surface area contributed by atoms with Crippen molar-refractivity contribution in [1.82, 2.24) is 9.88 Å². The van der Waals surface area contributed by atoms with Crippen molar-refractivity contribution in [2.75, 3.05) is 19.5 Å². The molecule has 1 aliphatic rings. The average molecular weight is 551 g/mol. The van der Waals surface area contributed by atoms with E-state index in [1.54, 1.807) is 6.92 Å². The molecule has 0 aliphatic carbocycles. The summed E-state index contributed by atoms with van der Waals surface area (Å²) in [5, 5.41) is 2.62. The number of carbonyl (C=O) groups is 1. The van der Waals surface area contributed by atoms with E-state index in [1.807, 2.05) is 0 Å². The quantitative estimate of drug-likeness (QED) is 0.502. The summed E-state index contributed by atoms with van der Waals surface area (Å²) in [5.74, 6) is -2.09. The predicted molar refractivity (Wildman–Crippen MR) is 132 cm³/mol. The maximum Gasteiger partial charge on any atom is 0.416 e. The number of aromatic nitrogens is 1. The van der Waals surface area contributed by atoms with Crippen LogP contribution in [-0.4, -0.2) is 38.4 Å². The summed E-state index contributed by atoms with van der Waals surface area (Å²) in [6.07, 6.45) is -3.56. The first-order valence-electron chi connectivity index (χ1n) is 11.5. The number of ether oxygens (including phenoxy) is 2. The van der Waals surface area contributed by atoms with Crippen LogP contribution < -0.4 is 10.9 Å². The zero-order valence-electron chi connectivity index (χ0n) is 20.8. The normalized spacial score (nSPS) is 15.4. The number of hydrogen-bond acceptors (Lipinski definition) is 6. The number of nitrogens with zero attached hydrogens (tertiary/aromatic N) is 1. The Balaban J connectivity index is 1.76. The van der Waals surface area contributed by atoms with Crippen LogP contribution in [0.25, 0.3) is 5.69 Å². The molecule has 1 fully saturated rings. The van der Waals surface area contributed by atoms with E-state index in [1.165, 1.54) is 49.4 Å². The number of pyridine rings is 1. The van der Waals surface area contributed by atoms with Crippen LogP contribution in [0.2, 0.25) is 0 Å². The average Bonchev–Trinajstić information content (AvgIpc) is 3.29. The largest absolute Gasteiger partial charge is 0.416 e. The Morgan fingerprint density at radius 2 is 1.71 bits per heavy atom. The smallest absolute Gasteiger partial charge is 0.348 e. The van der Waals surface area contributed by atoms with Crippen LogP contribution >= 0.6 is 0 Å². The first-order valence-corrected chi connectivity index (χ1v) is 13.4. The highest BCUT2D eigenvalue weighted by atomic mass is 32.2. The van der Waals surface area contributed by atoms with Gasteiger partial charge in [0.05, 0.1) is 23.7 Å². The standard InChI is InChI=1S/C26H25F3N2O6S/c1-16-22(25(2)36-11-12-37-25)14-21(23(32)30-15-17-7-9-20(10-8-17)38(3,34)35)24(33)31(16)19-6-4-5-18(13-19)26(27,28)29/h4-10,13-14H,11-12,15H2,1-3H3,(H,30,32). The van der Waals surface area contributed by atoms with E-state index in [9.17, 15) is 31.2 Å². The number of amides is 1. The summed E-state index contributed by atoms with van der Waals surface area (Å²) in [7, 11) is -3.39. The Kier molecular flexibility index (Phi) is 7.26. The lowest BCUT2D eigenvalue weighted by atomic mass is 10.0. The van der Waals surface area contributed by atoms with E-state index >= 15 is 0 Å².